The van der Waals surface area contributed by atoms with E-state index < -0.39 is 0 Å². The molecule has 3 aromatic rings. The number of nitriles is 1. The topological polar surface area (TPSA) is 84.2 Å². The third-order valence-electron chi connectivity index (χ3n) is 4.05. The van der Waals surface area contributed by atoms with Crippen molar-refractivity contribution in [1.82, 2.24) is 10.3 Å². The van der Waals surface area contributed by atoms with Gasteiger partial charge in [0.2, 0.25) is 5.88 Å². The van der Waals surface area contributed by atoms with Gasteiger partial charge in [-0.2, -0.15) is 5.26 Å². The number of aromatic nitrogens is 1. The highest BCUT2D eigenvalue weighted by molar-refractivity contribution is 5.94. The Balaban J connectivity index is 1.66. The quantitative estimate of drug-likeness (QED) is 0.617. The molecule has 1 heterocycles. The Labute approximate surface area is 169 Å². The lowest BCUT2D eigenvalue weighted by Gasteiger charge is -2.11. The van der Waals surface area contributed by atoms with E-state index in [1.807, 2.05) is 36.4 Å². The van der Waals surface area contributed by atoms with Gasteiger partial charge in [-0.1, -0.05) is 19.1 Å². The fourth-order valence-corrected chi connectivity index (χ4v) is 2.59. The van der Waals surface area contributed by atoms with Crippen LogP contribution in [0.1, 0.15) is 34.8 Å². The summed E-state index contributed by atoms with van der Waals surface area (Å²) in [6, 6.07) is 19.5. The summed E-state index contributed by atoms with van der Waals surface area (Å²) in [5.74, 6) is 1.56. The maximum absolute atomic E-state index is 12.4. The minimum Gasteiger partial charge on any atom is -0.494 e. The van der Waals surface area contributed by atoms with Gasteiger partial charge in [0.1, 0.15) is 11.5 Å². The molecule has 0 atom stereocenters. The van der Waals surface area contributed by atoms with E-state index in [2.05, 4.69) is 17.2 Å². The maximum Gasteiger partial charge on any atom is 0.251 e. The van der Waals surface area contributed by atoms with Crippen molar-refractivity contribution in [2.75, 3.05) is 6.61 Å². The lowest BCUT2D eigenvalue weighted by Crippen LogP contribution is -2.23. The molecule has 0 spiro atoms. The Morgan fingerprint density at radius 2 is 1.90 bits per heavy atom. The molecule has 1 N–H and O–H groups in total. The summed E-state index contributed by atoms with van der Waals surface area (Å²) in [6.45, 7) is 2.97. The third-order valence-corrected chi connectivity index (χ3v) is 4.05. The molecule has 6 nitrogen and oxygen atoms in total. The first kappa shape index (κ1) is 19.9. The largest absolute Gasteiger partial charge is 0.494 e. The van der Waals surface area contributed by atoms with Crippen LogP contribution in [0.5, 0.6) is 17.4 Å². The summed E-state index contributed by atoms with van der Waals surface area (Å²) in [4.78, 5) is 16.7. The van der Waals surface area contributed by atoms with E-state index in [1.54, 1.807) is 36.5 Å². The normalized spacial score (nSPS) is 10.1. The van der Waals surface area contributed by atoms with Gasteiger partial charge < -0.3 is 14.8 Å². The lowest BCUT2D eigenvalue weighted by molar-refractivity contribution is 0.0950. The zero-order chi connectivity index (χ0) is 20.5. The van der Waals surface area contributed by atoms with Crippen molar-refractivity contribution in [3.05, 3.63) is 83.6 Å². The summed E-state index contributed by atoms with van der Waals surface area (Å²) < 4.78 is 11.5. The van der Waals surface area contributed by atoms with Gasteiger partial charge >= 0.3 is 0 Å². The number of amides is 1. The number of nitrogens with one attached hydrogen (secondary N) is 1. The van der Waals surface area contributed by atoms with Gasteiger partial charge in [-0.3, -0.25) is 4.79 Å². The Kier molecular flexibility index (Phi) is 6.80. The van der Waals surface area contributed by atoms with Crippen LogP contribution < -0.4 is 14.8 Å². The highest BCUT2D eigenvalue weighted by atomic mass is 16.5. The molecule has 0 fully saturated rings. The van der Waals surface area contributed by atoms with Crippen LogP contribution in [0.15, 0.2) is 66.9 Å². The first-order valence-electron chi connectivity index (χ1n) is 9.32. The van der Waals surface area contributed by atoms with Gasteiger partial charge in [0.25, 0.3) is 5.91 Å². The minimum atomic E-state index is -0.269. The van der Waals surface area contributed by atoms with Gasteiger partial charge in [0.05, 0.1) is 18.2 Å². The Hall–Kier alpha value is -3.85. The fourth-order valence-electron chi connectivity index (χ4n) is 2.59. The SMILES string of the molecule is CCCOc1ccc(Oc2ncccc2CNC(=O)c2cccc(C#N)c2)cc1. The fraction of sp³-hybridized carbons (Fsp3) is 0.174. The number of benzene rings is 2. The standard InChI is InChI=1S/C23H21N3O3/c1-2-13-28-20-8-10-21(11-9-20)29-23-19(7-4-12-25-23)16-26-22(27)18-6-3-5-17(14-18)15-24/h3-12,14H,2,13,16H2,1H3,(H,26,27). The average Bonchev–Trinajstić information content (AvgIpc) is 2.78. The number of hydrogen-bond donors (Lipinski definition) is 1. The smallest absolute Gasteiger partial charge is 0.251 e. The van der Waals surface area contributed by atoms with Crippen LogP contribution in [0.4, 0.5) is 0 Å². The molecule has 0 aliphatic rings. The molecule has 0 bridgehead atoms. The van der Waals surface area contributed by atoms with Crippen LogP contribution in [-0.4, -0.2) is 17.5 Å². The molecule has 0 radical (unpaired) electrons. The van der Waals surface area contributed by atoms with E-state index in [1.165, 1.54) is 0 Å². The molecule has 6 heteroatoms. The molecule has 1 aromatic heterocycles. The van der Waals surface area contributed by atoms with E-state index in [0.29, 0.717) is 29.4 Å². The Morgan fingerprint density at radius 1 is 1.10 bits per heavy atom. The van der Waals surface area contributed by atoms with Crippen molar-refractivity contribution in [3.63, 3.8) is 0 Å². The van der Waals surface area contributed by atoms with Crippen molar-refractivity contribution in [1.29, 1.82) is 5.26 Å². The number of hydrogen-bond acceptors (Lipinski definition) is 5. The molecule has 0 aliphatic carbocycles. The summed E-state index contributed by atoms with van der Waals surface area (Å²) >= 11 is 0. The number of pyridine rings is 1. The maximum atomic E-state index is 12.4. The first-order valence-corrected chi connectivity index (χ1v) is 9.32. The van der Waals surface area contributed by atoms with Crippen LogP contribution in [0.3, 0.4) is 0 Å². The molecule has 3 rings (SSSR count). The minimum absolute atomic E-state index is 0.247. The van der Waals surface area contributed by atoms with Gasteiger partial charge in [-0.25, -0.2) is 4.98 Å². The second-order valence-corrected chi connectivity index (χ2v) is 6.26. The molecular weight excluding hydrogens is 366 g/mol. The monoisotopic (exact) mass is 387 g/mol. The summed E-state index contributed by atoms with van der Waals surface area (Å²) in [7, 11) is 0. The van der Waals surface area contributed by atoms with E-state index in [9.17, 15) is 4.79 Å². The van der Waals surface area contributed by atoms with Crippen molar-refractivity contribution in [3.8, 4) is 23.4 Å². The molecule has 0 saturated heterocycles. The lowest BCUT2D eigenvalue weighted by atomic mass is 10.1. The first-order chi connectivity index (χ1) is 14.2. The molecule has 0 saturated carbocycles. The molecular formula is C23H21N3O3. The van der Waals surface area contributed by atoms with Crippen molar-refractivity contribution < 1.29 is 14.3 Å². The number of carbonyl (C=O) groups is 1. The van der Waals surface area contributed by atoms with E-state index in [4.69, 9.17) is 14.7 Å². The molecule has 1 amide bonds. The highest BCUT2D eigenvalue weighted by Crippen LogP contribution is 2.25. The van der Waals surface area contributed by atoms with Crippen LogP contribution in [0.25, 0.3) is 0 Å². The second-order valence-electron chi connectivity index (χ2n) is 6.26. The van der Waals surface area contributed by atoms with Gasteiger partial charge in [0.15, 0.2) is 0 Å². The van der Waals surface area contributed by atoms with E-state index in [0.717, 1.165) is 17.7 Å². The van der Waals surface area contributed by atoms with Crippen LogP contribution in [-0.2, 0) is 6.54 Å². The Morgan fingerprint density at radius 3 is 2.66 bits per heavy atom. The number of nitrogens with zero attached hydrogens (tertiary/aromatic N) is 2. The molecule has 2 aromatic carbocycles. The number of rotatable bonds is 8. The summed E-state index contributed by atoms with van der Waals surface area (Å²) in [6.07, 6.45) is 2.58. The number of ether oxygens (including phenoxy) is 2. The Bertz CT molecular complexity index is 1010. The molecule has 0 unspecified atom stereocenters. The predicted molar refractivity (Wildman–Crippen MR) is 109 cm³/mol. The van der Waals surface area contributed by atoms with Crippen LogP contribution in [0, 0.1) is 11.3 Å². The van der Waals surface area contributed by atoms with Crippen molar-refractivity contribution >= 4 is 5.91 Å². The highest BCUT2D eigenvalue weighted by Gasteiger charge is 2.10. The van der Waals surface area contributed by atoms with Gasteiger partial charge in [-0.05, 0) is 55.0 Å². The molecule has 146 valence electrons. The van der Waals surface area contributed by atoms with Crippen LogP contribution in [0.2, 0.25) is 0 Å². The summed E-state index contributed by atoms with van der Waals surface area (Å²) in [5.41, 5.74) is 1.61. The molecule has 0 aliphatic heterocycles. The zero-order valence-electron chi connectivity index (χ0n) is 16.1. The van der Waals surface area contributed by atoms with E-state index in [-0.39, 0.29) is 12.5 Å². The third kappa shape index (κ3) is 5.56. The van der Waals surface area contributed by atoms with Gasteiger partial charge in [-0.15, -0.1) is 0 Å². The van der Waals surface area contributed by atoms with Crippen molar-refractivity contribution in [2.45, 2.75) is 19.9 Å². The van der Waals surface area contributed by atoms with Gasteiger partial charge in [0, 0.05) is 23.9 Å². The average molecular weight is 387 g/mol. The summed E-state index contributed by atoms with van der Waals surface area (Å²) in [5, 5.41) is 11.8. The zero-order valence-corrected chi connectivity index (χ0v) is 16.1. The van der Waals surface area contributed by atoms with Crippen molar-refractivity contribution in [2.24, 2.45) is 0 Å². The molecule has 29 heavy (non-hydrogen) atoms. The second kappa shape index (κ2) is 9.90. The van der Waals surface area contributed by atoms with Crippen LogP contribution >= 0.6 is 0 Å². The number of carbonyl (C=O) groups excluding carboxylic acids is 1. The van der Waals surface area contributed by atoms with E-state index >= 15 is 0 Å². The predicted octanol–water partition coefficient (Wildman–Crippen LogP) is 4.46.